The summed E-state index contributed by atoms with van der Waals surface area (Å²) in [4.78, 5) is 5.35. The van der Waals surface area contributed by atoms with Gasteiger partial charge in [0.1, 0.15) is 0 Å². The molecule has 3 fully saturated rings. The van der Waals surface area contributed by atoms with Gasteiger partial charge in [-0.05, 0) is 32.2 Å². The molecule has 3 aliphatic heterocycles. The van der Waals surface area contributed by atoms with E-state index in [0.717, 1.165) is 32.3 Å². The number of nitrogens with zero attached hydrogens (tertiary/aromatic N) is 2. The van der Waals surface area contributed by atoms with Gasteiger partial charge >= 0.3 is 0 Å². The summed E-state index contributed by atoms with van der Waals surface area (Å²) in [5.74, 6) is 0. The third-order valence-corrected chi connectivity index (χ3v) is 5.48. The molecule has 0 aliphatic carbocycles. The van der Waals surface area contributed by atoms with Crippen molar-refractivity contribution in [1.29, 1.82) is 0 Å². The molecular weight excluding hydrogens is 250 g/mol. The van der Waals surface area contributed by atoms with Crippen molar-refractivity contribution in [3.05, 3.63) is 0 Å². The second-order valence-electron chi connectivity index (χ2n) is 6.78. The van der Waals surface area contributed by atoms with Crippen molar-refractivity contribution in [3.63, 3.8) is 0 Å². The van der Waals surface area contributed by atoms with Crippen LogP contribution in [0.4, 0.5) is 0 Å². The maximum absolute atomic E-state index is 6.15. The quantitative estimate of drug-likeness (QED) is 0.841. The Labute approximate surface area is 123 Å². The second-order valence-corrected chi connectivity index (χ2v) is 6.78. The van der Waals surface area contributed by atoms with Gasteiger partial charge in [0.15, 0.2) is 0 Å². The monoisotopic (exact) mass is 281 g/mol. The maximum Gasteiger partial charge on any atom is 0.0829 e. The number of piperazine rings is 1. The van der Waals surface area contributed by atoms with Crippen molar-refractivity contribution in [2.24, 2.45) is 0 Å². The van der Waals surface area contributed by atoms with E-state index in [9.17, 15) is 0 Å². The van der Waals surface area contributed by atoms with Crippen LogP contribution in [0.1, 0.15) is 39.5 Å². The first-order valence-corrected chi connectivity index (χ1v) is 8.63. The lowest BCUT2D eigenvalue weighted by molar-refractivity contribution is -0.0694. The standard InChI is InChI=1S/C16H31N3O/c1-3-13-9-19(14(4-2)8-17-13)11-16-10-18-7-5-6-15(18)12-20-16/h13-17H,3-12H2,1-2H3. The van der Waals surface area contributed by atoms with Gasteiger partial charge in [-0.1, -0.05) is 13.8 Å². The minimum atomic E-state index is 0.425. The number of nitrogens with one attached hydrogen (secondary N) is 1. The second kappa shape index (κ2) is 6.73. The van der Waals surface area contributed by atoms with Crippen LogP contribution in [0.5, 0.6) is 0 Å². The van der Waals surface area contributed by atoms with Crippen LogP contribution in [-0.2, 0) is 4.74 Å². The summed E-state index contributed by atoms with van der Waals surface area (Å²) in [7, 11) is 0. The van der Waals surface area contributed by atoms with Crippen molar-refractivity contribution in [2.45, 2.75) is 63.8 Å². The lowest BCUT2D eigenvalue weighted by Crippen LogP contribution is -2.59. The molecule has 0 aromatic heterocycles. The first-order chi connectivity index (χ1) is 9.80. The molecule has 0 radical (unpaired) electrons. The van der Waals surface area contributed by atoms with Gasteiger partial charge in [0.05, 0.1) is 12.7 Å². The fourth-order valence-electron chi connectivity index (χ4n) is 4.09. The van der Waals surface area contributed by atoms with E-state index >= 15 is 0 Å². The predicted octanol–water partition coefficient (Wildman–Crippen LogP) is 1.31. The fourth-order valence-corrected chi connectivity index (χ4v) is 4.09. The SMILES string of the molecule is CCC1CN(CC2CN3CCCC3CO2)C(CC)CN1. The lowest BCUT2D eigenvalue weighted by atomic mass is 10.0. The van der Waals surface area contributed by atoms with Crippen molar-refractivity contribution < 1.29 is 4.74 Å². The average molecular weight is 281 g/mol. The molecule has 0 aromatic rings. The maximum atomic E-state index is 6.15. The molecule has 20 heavy (non-hydrogen) atoms. The Morgan fingerprint density at radius 3 is 2.90 bits per heavy atom. The van der Waals surface area contributed by atoms with Crippen LogP contribution in [-0.4, -0.2) is 73.4 Å². The van der Waals surface area contributed by atoms with E-state index in [0.29, 0.717) is 18.2 Å². The minimum Gasteiger partial charge on any atom is -0.374 e. The highest BCUT2D eigenvalue weighted by atomic mass is 16.5. The van der Waals surface area contributed by atoms with E-state index in [2.05, 4.69) is 29.0 Å². The molecule has 4 atom stereocenters. The van der Waals surface area contributed by atoms with E-state index in [1.165, 1.54) is 38.8 Å². The molecule has 3 heterocycles. The average Bonchev–Trinajstić information content (AvgIpc) is 2.94. The molecule has 0 saturated carbocycles. The molecule has 4 heteroatoms. The van der Waals surface area contributed by atoms with Crippen LogP contribution < -0.4 is 5.32 Å². The molecule has 0 amide bonds. The normalized spacial score (nSPS) is 39.9. The number of rotatable bonds is 4. The third-order valence-electron chi connectivity index (χ3n) is 5.48. The number of morpholine rings is 1. The number of hydrogen-bond acceptors (Lipinski definition) is 4. The number of fused-ring (bicyclic) bond motifs is 1. The highest BCUT2D eigenvalue weighted by Gasteiger charge is 2.35. The van der Waals surface area contributed by atoms with Gasteiger partial charge in [-0.3, -0.25) is 9.80 Å². The Balaban J connectivity index is 1.54. The van der Waals surface area contributed by atoms with Crippen LogP contribution in [0.2, 0.25) is 0 Å². The van der Waals surface area contributed by atoms with E-state index < -0.39 is 0 Å². The Hall–Kier alpha value is -0.160. The van der Waals surface area contributed by atoms with E-state index in [4.69, 9.17) is 4.74 Å². The van der Waals surface area contributed by atoms with Crippen molar-refractivity contribution in [3.8, 4) is 0 Å². The third kappa shape index (κ3) is 3.19. The molecule has 3 aliphatic rings. The first-order valence-electron chi connectivity index (χ1n) is 8.63. The molecule has 0 spiro atoms. The Bertz CT molecular complexity index is 312. The van der Waals surface area contributed by atoms with Gasteiger partial charge in [-0.15, -0.1) is 0 Å². The van der Waals surface area contributed by atoms with Gasteiger partial charge in [0, 0.05) is 44.3 Å². The highest BCUT2D eigenvalue weighted by Crippen LogP contribution is 2.24. The van der Waals surface area contributed by atoms with Crippen LogP contribution in [0, 0.1) is 0 Å². The molecule has 3 rings (SSSR count). The highest BCUT2D eigenvalue weighted by molar-refractivity contribution is 4.90. The number of ether oxygens (including phenoxy) is 1. The van der Waals surface area contributed by atoms with Crippen LogP contribution in [0.3, 0.4) is 0 Å². The first kappa shape index (κ1) is 14.8. The van der Waals surface area contributed by atoms with Crippen LogP contribution >= 0.6 is 0 Å². The smallest absolute Gasteiger partial charge is 0.0829 e. The molecule has 3 saturated heterocycles. The Morgan fingerprint density at radius 2 is 2.10 bits per heavy atom. The van der Waals surface area contributed by atoms with Gasteiger partial charge in [-0.2, -0.15) is 0 Å². The summed E-state index contributed by atoms with van der Waals surface area (Å²) in [5.41, 5.74) is 0. The molecule has 1 N–H and O–H groups in total. The van der Waals surface area contributed by atoms with Gasteiger partial charge in [0.2, 0.25) is 0 Å². The zero-order valence-corrected chi connectivity index (χ0v) is 13.2. The van der Waals surface area contributed by atoms with Crippen molar-refractivity contribution in [1.82, 2.24) is 15.1 Å². The van der Waals surface area contributed by atoms with Gasteiger partial charge in [0.25, 0.3) is 0 Å². The summed E-state index contributed by atoms with van der Waals surface area (Å²) < 4.78 is 6.15. The molecule has 4 unspecified atom stereocenters. The molecule has 0 aromatic carbocycles. The van der Waals surface area contributed by atoms with E-state index in [1.807, 2.05) is 0 Å². The van der Waals surface area contributed by atoms with E-state index in [1.54, 1.807) is 0 Å². The summed E-state index contributed by atoms with van der Waals surface area (Å²) >= 11 is 0. The molecular formula is C16H31N3O. The fraction of sp³-hybridized carbons (Fsp3) is 1.00. The zero-order chi connectivity index (χ0) is 13.9. The Morgan fingerprint density at radius 1 is 1.20 bits per heavy atom. The van der Waals surface area contributed by atoms with E-state index in [-0.39, 0.29) is 0 Å². The lowest BCUT2D eigenvalue weighted by Gasteiger charge is -2.43. The molecule has 116 valence electrons. The van der Waals surface area contributed by atoms with Crippen LogP contribution in [0.25, 0.3) is 0 Å². The molecule has 4 nitrogen and oxygen atoms in total. The van der Waals surface area contributed by atoms with Crippen molar-refractivity contribution >= 4 is 0 Å². The molecule has 0 bridgehead atoms. The van der Waals surface area contributed by atoms with Gasteiger partial charge in [-0.25, -0.2) is 0 Å². The zero-order valence-electron chi connectivity index (χ0n) is 13.2. The number of hydrogen-bond donors (Lipinski definition) is 1. The summed E-state index contributed by atoms with van der Waals surface area (Å²) in [5, 5.41) is 3.68. The minimum absolute atomic E-state index is 0.425. The summed E-state index contributed by atoms with van der Waals surface area (Å²) in [6, 6.07) is 2.08. The predicted molar refractivity (Wildman–Crippen MR) is 82.1 cm³/mol. The van der Waals surface area contributed by atoms with Crippen LogP contribution in [0.15, 0.2) is 0 Å². The van der Waals surface area contributed by atoms with Crippen molar-refractivity contribution in [2.75, 3.05) is 39.3 Å². The topological polar surface area (TPSA) is 27.7 Å². The largest absolute Gasteiger partial charge is 0.374 e. The Kier molecular flexibility index (Phi) is 4.97. The summed E-state index contributed by atoms with van der Waals surface area (Å²) in [6.45, 7) is 11.5. The summed E-state index contributed by atoms with van der Waals surface area (Å²) in [6.07, 6.45) is 5.60. The van der Waals surface area contributed by atoms with Gasteiger partial charge < -0.3 is 10.1 Å².